The molecule has 20 heteroatoms. The highest BCUT2D eigenvalue weighted by Crippen LogP contribution is 2.64. The molecule has 3 aromatic heterocycles. The molecule has 1 saturated heterocycles. The number of halogens is 2. The lowest BCUT2D eigenvalue weighted by Gasteiger charge is -2.47. The number of benzene rings is 1. The molecule has 2 N–H and O–H groups in total. The van der Waals surface area contributed by atoms with E-state index in [1.165, 1.54) is 22.6 Å². The van der Waals surface area contributed by atoms with E-state index in [0.717, 1.165) is 24.2 Å². The molecule has 45 heavy (non-hydrogen) atoms. The van der Waals surface area contributed by atoms with Crippen molar-refractivity contribution in [3.8, 4) is 11.1 Å². The van der Waals surface area contributed by atoms with E-state index in [0.29, 0.717) is 22.5 Å². The van der Waals surface area contributed by atoms with E-state index in [1.807, 2.05) is 62.8 Å². The van der Waals surface area contributed by atoms with Crippen LogP contribution in [0.2, 0.25) is 15.5 Å². The van der Waals surface area contributed by atoms with E-state index in [9.17, 15) is 13.2 Å². The smallest absolute Gasteiger partial charge is 0.300 e. The van der Waals surface area contributed by atoms with Crippen molar-refractivity contribution in [2.45, 2.75) is 39.9 Å². The van der Waals surface area contributed by atoms with Crippen LogP contribution in [0.1, 0.15) is 40.5 Å². The standard InChI is InChI=1S/C25H30B8ClFN6O3S/c26-22(27)23(28,29)25(32,33)41(24(22,30)31)45(43,44)40-17-5-13(34)4-15(18(17)35)19(42)16-9-39-21-14(16)3-11(6-38-21)12-7-36-20(37-8-12)10-1-2-10/h3-10,40H,1-2,26-33H2,(H,38,39). The van der Waals surface area contributed by atoms with Crippen molar-refractivity contribution in [1.29, 1.82) is 0 Å². The zero-order valence-corrected chi connectivity index (χ0v) is 28.3. The Kier molecular flexibility index (Phi) is 7.34. The van der Waals surface area contributed by atoms with Crippen LogP contribution in [0.5, 0.6) is 0 Å². The van der Waals surface area contributed by atoms with Crippen molar-refractivity contribution < 1.29 is 17.6 Å². The number of rotatable bonds is 7. The zero-order chi connectivity index (χ0) is 32.9. The Morgan fingerprint density at radius 1 is 0.911 bits per heavy atom. The number of hydrogen-bond donors (Lipinski definition) is 2. The fourth-order valence-electron chi connectivity index (χ4n) is 6.88. The topological polar surface area (TPSA) is 121 Å². The number of fused-ring (bicyclic) bond motifs is 1. The summed E-state index contributed by atoms with van der Waals surface area (Å²) in [5.74, 6) is -0.464. The monoisotopic (exact) mass is 636 g/mol. The highest BCUT2D eigenvalue weighted by Gasteiger charge is 2.68. The third kappa shape index (κ3) is 4.83. The molecule has 4 heterocycles. The van der Waals surface area contributed by atoms with Crippen LogP contribution in [-0.4, -0.2) is 112 Å². The van der Waals surface area contributed by atoms with Crippen LogP contribution in [0.25, 0.3) is 22.2 Å². The molecule has 6 rings (SSSR count). The van der Waals surface area contributed by atoms with Gasteiger partial charge in [0.15, 0.2) is 11.6 Å². The number of aromatic amines is 1. The number of nitrogens with zero attached hydrogens (tertiary/aromatic N) is 4. The summed E-state index contributed by atoms with van der Waals surface area (Å²) in [6.45, 7) is 0. The first kappa shape index (κ1) is 32.1. The van der Waals surface area contributed by atoms with Gasteiger partial charge < -0.3 is 4.98 Å². The SMILES string of the molecule is BC1(B)N(S(=O)(=O)Nc2cc(Cl)cc(C(=O)c3c[nH]c4ncc(-c5cnc(C6CC6)nc5)cc34)c2F)C(B)(B)C(B)(B)C1(B)B. The molecule has 0 unspecified atom stereocenters. The Balaban J connectivity index is 1.36. The Morgan fingerprint density at radius 2 is 1.49 bits per heavy atom. The maximum atomic E-state index is 16.2. The van der Waals surface area contributed by atoms with E-state index < -0.39 is 48.6 Å². The molecular weight excluding hydrogens is 605 g/mol. The maximum Gasteiger partial charge on any atom is 0.300 e. The molecule has 2 fully saturated rings. The lowest BCUT2D eigenvalue weighted by atomic mass is 9.17. The van der Waals surface area contributed by atoms with Crippen LogP contribution in [0.15, 0.2) is 43.0 Å². The van der Waals surface area contributed by atoms with Gasteiger partial charge >= 0.3 is 0 Å². The van der Waals surface area contributed by atoms with Crippen LogP contribution in [0.3, 0.4) is 0 Å². The Labute approximate surface area is 274 Å². The first-order chi connectivity index (χ1) is 20.8. The van der Waals surface area contributed by atoms with Crippen molar-refractivity contribution in [2.24, 2.45) is 0 Å². The molecule has 0 radical (unpaired) electrons. The minimum atomic E-state index is -4.34. The Morgan fingerprint density at radius 3 is 2.07 bits per heavy atom. The van der Waals surface area contributed by atoms with Crippen molar-refractivity contribution in [3.63, 3.8) is 0 Å². The summed E-state index contributed by atoms with van der Waals surface area (Å²) in [7, 11) is 11.3. The third-order valence-electron chi connectivity index (χ3n) is 11.1. The fraction of sp³-hybridized carbons (Fsp3) is 0.280. The predicted octanol–water partition coefficient (Wildman–Crippen LogP) is -3.50. The summed E-state index contributed by atoms with van der Waals surface area (Å²) >= 11 is 6.38. The molecule has 1 saturated carbocycles. The normalized spacial score (nSPS) is 20.2. The first-order valence-electron chi connectivity index (χ1n) is 15.0. The van der Waals surface area contributed by atoms with Gasteiger partial charge in [-0.3, -0.25) is 9.52 Å². The van der Waals surface area contributed by atoms with Gasteiger partial charge in [0, 0.05) is 57.8 Å². The van der Waals surface area contributed by atoms with Crippen LogP contribution in [-0.2, 0) is 10.2 Å². The number of H-pyrrole nitrogens is 1. The molecular formula is C25H30B8ClFN6O3S. The van der Waals surface area contributed by atoms with Gasteiger partial charge in [-0.2, -0.15) is 8.42 Å². The van der Waals surface area contributed by atoms with Crippen LogP contribution >= 0.6 is 11.6 Å². The molecule has 9 nitrogen and oxygen atoms in total. The molecule has 2 aliphatic rings. The van der Waals surface area contributed by atoms with E-state index in [1.54, 1.807) is 24.7 Å². The fourth-order valence-corrected chi connectivity index (χ4v) is 9.28. The minimum Gasteiger partial charge on any atom is -0.345 e. The molecule has 1 aliphatic heterocycles. The Hall–Kier alpha value is -2.89. The summed E-state index contributed by atoms with van der Waals surface area (Å²) in [6, 6.07) is 4.15. The number of carbonyl (C=O) groups is 1. The van der Waals surface area contributed by atoms with E-state index in [2.05, 4.69) is 24.7 Å². The molecule has 0 bridgehead atoms. The second-order valence-corrected chi connectivity index (χ2v) is 16.3. The molecule has 1 aromatic carbocycles. The van der Waals surface area contributed by atoms with Crippen LogP contribution in [0.4, 0.5) is 10.1 Å². The van der Waals surface area contributed by atoms with E-state index in [-0.39, 0.29) is 16.1 Å². The zero-order valence-electron chi connectivity index (χ0n) is 26.7. The maximum absolute atomic E-state index is 16.2. The summed E-state index contributed by atoms with van der Waals surface area (Å²) < 4.78 is 48.2. The summed E-state index contributed by atoms with van der Waals surface area (Å²) in [4.78, 5) is 30.2. The number of anilines is 1. The predicted molar refractivity (Wildman–Crippen MR) is 198 cm³/mol. The minimum absolute atomic E-state index is 0.00427. The Bertz CT molecular complexity index is 1960. The van der Waals surface area contributed by atoms with Crippen molar-refractivity contribution in [2.75, 3.05) is 4.72 Å². The number of hydrogen-bond acceptors (Lipinski definition) is 6. The van der Waals surface area contributed by atoms with Crippen LogP contribution < -0.4 is 4.72 Å². The lowest BCUT2D eigenvalue weighted by molar-refractivity contribution is 0.103. The van der Waals surface area contributed by atoms with Crippen molar-refractivity contribution in [1.82, 2.24) is 24.2 Å². The van der Waals surface area contributed by atoms with Crippen molar-refractivity contribution in [3.05, 3.63) is 70.8 Å². The summed E-state index contributed by atoms with van der Waals surface area (Å²) in [5, 5.41) is -2.14. The van der Waals surface area contributed by atoms with E-state index in [4.69, 9.17) is 11.6 Å². The van der Waals surface area contributed by atoms with Gasteiger partial charge in [-0.1, -0.05) is 22.0 Å². The van der Waals surface area contributed by atoms with Gasteiger partial charge in [0.05, 0.1) is 42.6 Å². The number of nitrogens with one attached hydrogen (secondary N) is 2. The molecule has 4 aromatic rings. The van der Waals surface area contributed by atoms with Crippen LogP contribution in [0, 0.1) is 5.82 Å². The number of aromatic nitrogens is 4. The first-order valence-corrected chi connectivity index (χ1v) is 16.8. The summed E-state index contributed by atoms with van der Waals surface area (Å²) in [6.07, 6.45) is 8.76. The summed E-state index contributed by atoms with van der Waals surface area (Å²) in [5.41, 5.74) is 1.24. The number of ketones is 1. The molecule has 0 amide bonds. The highest BCUT2D eigenvalue weighted by molar-refractivity contribution is 7.90. The van der Waals surface area contributed by atoms with E-state index >= 15 is 4.39 Å². The largest absolute Gasteiger partial charge is 0.345 e. The van der Waals surface area contributed by atoms with Gasteiger partial charge in [-0.25, -0.2) is 23.6 Å². The third-order valence-corrected chi connectivity index (χ3v) is 13.2. The average Bonchev–Trinajstić information content (AvgIpc) is 3.70. The van der Waals surface area contributed by atoms with Gasteiger partial charge in [-0.15, -0.1) is 0 Å². The number of carbonyl (C=O) groups excluding carboxylic acids is 1. The van der Waals surface area contributed by atoms with Gasteiger partial charge in [0.1, 0.15) is 42.9 Å². The average molecular weight is 636 g/mol. The second kappa shape index (κ2) is 10.3. The molecule has 0 atom stereocenters. The van der Waals surface area contributed by atoms with Gasteiger partial charge in [0.2, 0.25) is 0 Å². The molecule has 222 valence electrons. The second-order valence-electron chi connectivity index (χ2n) is 14.3. The highest BCUT2D eigenvalue weighted by atomic mass is 35.5. The van der Waals surface area contributed by atoms with Gasteiger partial charge in [-0.05, 0) is 41.7 Å². The molecule has 0 spiro atoms. The van der Waals surface area contributed by atoms with Gasteiger partial charge in [0.25, 0.3) is 10.2 Å². The molecule has 1 aliphatic carbocycles. The lowest BCUT2D eigenvalue weighted by Crippen LogP contribution is -2.62. The number of pyridine rings is 1. The van der Waals surface area contributed by atoms with Crippen molar-refractivity contribution >= 4 is 107 Å². The quantitative estimate of drug-likeness (QED) is 0.161.